The van der Waals surface area contributed by atoms with Gasteiger partial charge in [0.2, 0.25) is 0 Å². The molecule has 0 N–H and O–H groups in total. The molecule has 0 spiro atoms. The number of fused-ring (bicyclic) bond motifs is 1. The second-order valence-corrected chi connectivity index (χ2v) is 18.5. The Labute approximate surface area is 249 Å². The molecular formula is C31H38F3N3O5Si. The van der Waals surface area contributed by atoms with Gasteiger partial charge in [0.25, 0.3) is 5.56 Å². The molecule has 1 aliphatic carbocycles. The molecule has 232 valence electrons. The molecule has 3 atom stereocenters. The Morgan fingerprint density at radius 3 is 2.40 bits per heavy atom. The third kappa shape index (κ3) is 8.10. The predicted molar refractivity (Wildman–Crippen MR) is 159 cm³/mol. The van der Waals surface area contributed by atoms with Crippen molar-refractivity contribution in [2.45, 2.75) is 65.1 Å². The van der Waals surface area contributed by atoms with E-state index in [9.17, 15) is 27.6 Å². The summed E-state index contributed by atoms with van der Waals surface area (Å²) in [5.74, 6) is -1.79. The van der Waals surface area contributed by atoms with Crippen LogP contribution in [-0.2, 0) is 22.3 Å². The molecule has 1 saturated carbocycles. The molecule has 3 aromatic rings. The molecule has 4 rings (SSSR count). The third-order valence-corrected chi connectivity index (χ3v) is 9.38. The molecule has 0 aliphatic heterocycles. The van der Waals surface area contributed by atoms with Gasteiger partial charge in [0.05, 0.1) is 36.6 Å². The first kappa shape index (κ1) is 32.4. The van der Waals surface area contributed by atoms with E-state index in [2.05, 4.69) is 30.0 Å². The van der Waals surface area contributed by atoms with Crippen LogP contribution in [0.4, 0.5) is 13.2 Å². The van der Waals surface area contributed by atoms with E-state index in [1.807, 2.05) is 13.8 Å². The van der Waals surface area contributed by atoms with Gasteiger partial charge >= 0.3 is 12.1 Å². The zero-order chi connectivity index (χ0) is 31.5. The first-order valence-electron chi connectivity index (χ1n) is 14.5. The van der Waals surface area contributed by atoms with Crippen molar-refractivity contribution in [3.8, 4) is 5.75 Å². The van der Waals surface area contributed by atoms with Crippen molar-refractivity contribution in [3.63, 3.8) is 0 Å². The number of aromatic nitrogens is 3. The number of Topliss-reactive ketones (excluding diaryl/α,β-unsaturated/α-hetero) is 1. The molecule has 1 aliphatic rings. The quantitative estimate of drug-likeness (QED) is 0.142. The number of ether oxygens (including phenoxy) is 2. The SMILES string of the molecule is CC(C)COc1ccc(C(=O)C2CCC(Cn3nnc4ccc(C(F)(F)F)cc4c3=O)C2C(=O)OCC[Si](C)(C)C)cc1. The Morgan fingerprint density at radius 1 is 1.07 bits per heavy atom. The van der Waals surface area contributed by atoms with Crippen molar-refractivity contribution in [1.29, 1.82) is 0 Å². The lowest BCUT2D eigenvalue weighted by Crippen LogP contribution is -2.36. The second-order valence-electron chi connectivity index (χ2n) is 12.8. The van der Waals surface area contributed by atoms with E-state index in [1.54, 1.807) is 24.3 Å². The number of rotatable bonds is 11. The maximum atomic E-state index is 13.7. The van der Waals surface area contributed by atoms with E-state index in [0.29, 0.717) is 36.7 Å². The van der Waals surface area contributed by atoms with Crippen LogP contribution in [0, 0.1) is 23.7 Å². The Morgan fingerprint density at radius 2 is 1.77 bits per heavy atom. The lowest BCUT2D eigenvalue weighted by atomic mass is 9.84. The highest BCUT2D eigenvalue weighted by atomic mass is 28.3. The van der Waals surface area contributed by atoms with Crippen LogP contribution in [-0.4, -0.2) is 48.0 Å². The summed E-state index contributed by atoms with van der Waals surface area (Å²) in [4.78, 5) is 40.4. The Hall–Kier alpha value is -3.54. The van der Waals surface area contributed by atoms with Gasteiger partial charge in [-0.15, -0.1) is 5.10 Å². The maximum Gasteiger partial charge on any atom is 0.416 e. The maximum absolute atomic E-state index is 13.7. The zero-order valence-electron chi connectivity index (χ0n) is 25.1. The number of alkyl halides is 3. The Kier molecular flexibility index (Phi) is 9.78. The molecule has 0 amide bonds. The molecule has 43 heavy (non-hydrogen) atoms. The van der Waals surface area contributed by atoms with Gasteiger partial charge in [-0.1, -0.05) is 38.7 Å². The van der Waals surface area contributed by atoms with E-state index in [0.717, 1.165) is 28.9 Å². The summed E-state index contributed by atoms with van der Waals surface area (Å²) < 4.78 is 52.3. The van der Waals surface area contributed by atoms with Crippen molar-refractivity contribution in [2.24, 2.45) is 23.7 Å². The van der Waals surface area contributed by atoms with Crippen molar-refractivity contribution < 1.29 is 32.2 Å². The molecule has 0 saturated heterocycles. The number of benzene rings is 2. The van der Waals surface area contributed by atoms with Crippen LogP contribution in [0.2, 0.25) is 25.7 Å². The predicted octanol–water partition coefficient (Wildman–Crippen LogP) is 6.25. The minimum Gasteiger partial charge on any atom is -0.493 e. The van der Waals surface area contributed by atoms with Gasteiger partial charge in [-0.05, 0) is 73.2 Å². The Bertz CT molecular complexity index is 1520. The number of nitrogens with zero attached hydrogens (tertiary/aromatic N) is 3. The average molecular weight is 618 g/mol. The number of esters is 1. The van der Waals surface area contributed by atoms with Crippen molar-refractivity contribution >= 4 is 30.7 Å². The number of ketones is 1. The molecule has 0 radical (unpaired) electrons. The summed E-state index contributed by atoms with van der Waals surface area (Å²) in [5, 5.41) is 7.67. The van der Waals surface area contributed by atoms with E-state index in [-0.39, 0.29) is 29.8 Å². The summed E-state index contributed by atoms with van der Waals surface area (Å²) in [6.07, 6.45) is -3.82. The van der Waals surface area contributed by atoms with Crippen molar-refractivity contribution in [3.05, 3.63) is 63.9 Å². The van der Waals surface area contributed by atoms with Crippen LogP contribution in [0.3, 0.4) is 0 Å². The van der Waals surface area contributed by atoms with Gasteiger partial charge in [0.15, 0.2) is 5.78 Å². The summed E-state index contributed by atoms with van der Waals surface area (Å²) in [7, 11) is -1.50. The zero-order valence-corrected chi connectivity index (χ0v) is 26.1. The molecule has 8 nitrogen and oxygen atoms in total. The minimum absolute atomic E-state index is 0.0388. The van der Waals surface area contributed by atoms with Gasteiger partial charge in [0, 0.05) is 19.6 Å². The van der Waals surface area contributed by atoms with E-state index >= 15 is 0 Å². The van der Waals surface area contributed by atoms with Crippen LogP contribution in [0.5, 0.6) is 5.75 Å². The van der Waals surface area contributed by atoms with Crippen LogP contribution < -0.4 is 10.3 Å². The van der Waals surface area contributed by atoms with Crippen LogP contribution in [0.15, 0.2) is 47.3 Å². The fraction of sp³-hybridized carbons (Fsp3) is 0.516. The third-order valence-electron chi connectivity index (χ3n) is 7.67. The van der Waals surface area contributed by atoms with E-state index < -0.39 is 49.1 Å². The summed E-state index contributed by atoms with van der Waals surface area (Å²) in [6, 6.07) is 10.3. The number of hydrogen-bond donors (Lipinski definition) is 0. The van der Waals surface area contributed by atoms with Crippen LogP contribution >= 0.6 is 0 Å². The number of carbonyl (C=O) groups is 2. The van der Waals surface area contributed by atoms with Gasteiger partial charge in [0.1, 0.15) is 11.3 Å². The lowest BCUT2D eigenvalue weighted by Gasteiger charge is -2.24. The molecule has 3 unspecified atom stereocenters. The molecule has 1 aromatic heterocycles. The lowest BCUT2D eigenvalue weighted by molar-refractivity contribution is -0.150. The van der Waals surface area contributed by atoms with Crippen LogP contribution in [0.1, 0.15) is 42.6 Å². The first-order valence-corrected chi connectivity index (χ1v) is 18.2. The second kappa shape index (κ2) is 13.0. The number of carbonyl (C=O) groups excluding carboxylic acids is 2. The highest BCUT2D eigenvalue weighted by molar-refractivity contribution is 6.76. The van der Waals surface area contributed by atoms with Crippen molar-refractivity contribution in [2.75, 3.05) is 13.2 Å². The van der Waals surface area contributed by atoms with Crippen molar-refractivity contribution in [1.82, 2.24) is 15.0 Å². The van der Waals surface area contributed by atoms with E-state index in [1.165, 1.54) is 0 Å². The molecule has 0 bridgehead atoms. The number of halogens is 3. The molecule has 1 fully saturated rings. The largest absolute Gasteiger partial charge is 0.493 e. The highest BCUT2D eigenvalue weighted by Gasteiger charge is 2.46. The standard InChI is InChI=1S/C31H38F3N3O5Si/c1-19(2)18-42-23-10-6-20(7-11-23)28(38)24-12-8-21(27(24)30(40)41-14-15-43(3,4)5)17-37-29(39)25-16-22(31(32,33)34)9-13-26(25)35-36-37/h6-7,9-11,13,16,19,21,24,27H,8,12,14-15,17-18H2,1-5H3. The Balaban J connectivity index is 1.60. The van der Waals surface area contributed by atoms with Crippen LogP contribution in [0.25, 0.3) is 10.9 Å². The highest BCUT2D eigenvalue weighted by Crippen LogP contribution is 2.41. The smallest absolute Gasteiger partial charge is 0.416 e. The van der Waals surface area contributed by atoms with Gasteiger partial charge < -0.3 is 9.47 Å². The summed E-state index contributed by atoms with van der Waals surface area (Å²) >= 11 is 0. The summed E-state index contributed by atoms with van der Waals surface area (Å²) in [6.45, 7) is 11.2. The van der Waals surface area contributed by atoms with E-state index in [4.69, 9.17) is 9.47 Å². The summed E-state index contributed by atoms with van der Waals surface area (Å²) in [5.41, 5.74) is -1.23. The topological polar surface area (TPSA) is 100 Å². The average Bonchev–Trinajstić information content (AvgIpc) is 3.35. The molecular weight excluding hydrogens is 579 g/mol. The molecule has 2 aromatic carbocycles. The first-order chi connectivity index (χ1) is 20.1. The fourth-order valence-electron chi connectivity index (χ4n) is 5.28. The number of hydrogen-bond acceptors (Lipinski definition) is 7. The van der Waals surface area contributed by atoms with Gasteiger partial charge in [-0.25, -0.2) is 4.68 Å². The molecule has 1 heterocycles. The minimum atomic E-state index is -4.63. The fourth-order valence-corrected chi connectivity index (χ4v) is 5.99. The van der Waals surface area contributed by atoms with Gasteiger partial charge in [-0.3, -0.25) is 14.4 Å². The normalized spacial score (nSPS) is 19.1. The monoisotopic (exact) mass is 617 g/mol. The van der Waals surface area contributed by atoms with Gasteiger partial charge in [-0.2, -0.15) is 13.2 Å². The molecule has 12 heteroatoms.